The molecule has 1 aliphatic rings. The number of methoxy groups -OCH3 is 1. The second-order valence-electron chi connectivity index (χ2n) is 4.78. The molecule has 6 heteroatoms. The van der Waals surface area contributed by atoms with Crippen molar-refractivity contribution in [2.75, 3.05) is 13.7 Å². The highest BCUT2D eigenvalue weighted by Gasteiger charge is 2.27. The van der Waals surface area contributed by atoms with Gasteiger partial charge in [-0.1, -0.05) is 12.1 Å². The second kappa shape index (κ2) is 5.90. The third-order valence-corrected chi connectivity index (χ3v) is 3.37. The second-order valence-corrected chi connectivity index (χ2v) is 4.78. The molecule has 0 aromatic heterocycles. The lowest BCUT2D eigenvalue weighted by molar-refractivity contribution is -0.132. The summed E-state index contributed by atoms with van der Waals surface area (Å²) in [4.78, 5) is 24.9. The van der Waals surface area contributed by atoms with Gasteiger partial charge in [0.05, 0.1) is 13.7 Å². The summed E-state index contributed by atoms with van der Waals surface area (Å²) in [7, 11) is 1.39. The van der Waals surface area contributed by atoms with Crippen LogP contribution in [0.2, 0.25) is 0 Å². The molecule has 1 aromatic carbocycles. The van der Waals surface area contributed by atoms with Gasteiger partial charge in [-0.05, 0) is 13.0 Å². The van der Waals surface area contributed by atoms with E-state index in [1.807, 2.05) is 0 Å². The predicted molar refractivity (Wildman–Crippen MR) is 70.6 cm³/mol. The van der Waals surface area contributed by atoms with Crippen LogP contribution >= 0.6 is 0 Å². The van der Waals surface area contributed by atoms with Gasteiger partial charge in [-0.15, -0.1) is 0 Å². The van der Waals surface area contributed by atoms with E-state index in [-0.39, 0.29) is 43.1 Å². The highest BCUT2D eigenvalue weighted by Crippen LogP contribution is 2.22. The van der Waals surface area contributed by atoms with Crippen LogP contribution in [0.3, 0.4) is 0 Å². The number of halogens is 1. The number of amides is 2. The van der Waals surface area contributed by atoms with Crippen molar-refractivity contribution in [3.8, 4) is 5.75 Å². The maximum absolute atomic E-state index is 14.1. The highest BCUT2D eigenvalue weighted by atomic mass is 19.1. The van der Waals surface area contributed by atoms with Crippen molar-refractivity contribution < 1.29 is 18.7 Å². The Hall–Kier alpha value is -2.11. The molecule has 1 aromatic rings. The minimum Gasteiger partial charge on any atom is -0.494 e. The summed E-state index contributed by atoms with van der Waals surface area (Å²) < 4.78 is 19.0. The Morgan fingerprint density at radius 1 is 1.45 bits per heavy atom. The van der Waals surface area contributed by atoms with E-state index in [2.05, 4.69) is 5.32 Å². The molecule has 2 amide bonds. The number of nitrogens with one attached hydrogen (secondary N) is 1. The van der Waals surface area contributed by atoms with Crippen LogP contribution in [0.4, 0.5) is 4.39 Å². The van der Waals surface area contributed by atoms with Gasteiger partial charge in [0.25, 0.3) is 0 Å². The van der Waals surface area contributed by atoms with Gasteiger partial charge in [0.1, 0.15) is 0 Å². The molecular weight excluding hydrogens is 263 g/mol. The third-order valence-electron chi connectivity index (χ3n) is 3.37. The van der Waals surface area contributed by atoms with Gasteiger partial charge in [0.15, 0.2) is 11.6 Å². The van der Waals surface area contributed by atoms with Crippen LogP contribution in [-0.4, -0.2) is 36.4 Å². The standard InChI is InChI=1S/C14H17FN2O3/c1-9-6-12(18)16-7-13(19)17(9)8-10-4-3-5-11(20-2)14(10)15/h3-5,9H,6-8H2,1-2H3,(H,16,18). The van der Waals surface area contributed by atoms with Gasteiger partial charge in [0.2, 0.25) is 11.8 Å². The van der Waals surface area contributed by atoms with Crippen molar-refractivity contribution in [1.29, 1.82) is 0 Å². The van der Waals surface area contributed by atoms with E-state index in [9.17, 15) is 14.0 Å². The molecule has 0 saturated carbocycles. The first-order valence-corrected chi connectivity index (χ1v) is 6.40. The lowest BCUT2D eigenvalue weighted by atomic mass is 10.1. The summed E-state index contributed by atoms with van der Waals surface area (Å²) in [6.07, 6.45) is 0.220. The lowest BCUT2D eigenvalue weighted by Gasteiger charge is -2.26. The Labute approximate surface area is 116 Å². The van der Waals surface area contributed by atoms with Crippen LogP contribution in [0.1, 0.15) is 18.9 Å². The molecule has 0 radical (unpaired) electrons. The molecule has 1 unspecified atom stereocenters. The first kappa shape index (κ1) is 14.3. The molecular formula is C14H17FN2O3. The molecule has 1 N–H and O–H groups in total. The first-order chi connectivity index (χ1) is 9.52. The molecule has 1 heterocycles. The molecule has 5 nitrogen and oxygen atoms in total. The van der Waals surface area contributed by atoms with Gasteiger partial charge in [-0.3, -0.25) is 9.59 Å². The average Bonchev–Trinajstić information content (AvgIpc) is 2.54. The van der Waals surface area contributed by atoms with Gasteiger partial charge in [-0.25, -0.2) is 4.39 Å². The molecule has 0 aliphatic carbocycles. The van der Waals surface area contributed by atoms with E-state index < -0.39 is 5.82 Å². The lowest BCUT2D eigenvalue weighted by Crippen LogP contribution is -2.39. The first-order valence-electron chi connectivity index (χ1n) is 6.40. The minimum atomic E-state index is -0.474. The fourth-order valence-corrected chi connectivity index (χ4v) is 2.24. The Kier molecular flexibility index (Phi) is 4.22. The number of benzene rings is 1. The van der Waals surface area contributed by atoms with E-state index in [0.717, 1.165) is 0 Å². The van der Waals surface area contributed by atoms with Crippen molar-refractivity contribution in [1.82, 2.24) is 10.2 Å². The summed E-state index contributed by atoms with van der Waals surface area (Å²) in [6.45, 7) is 1.85. The predicted octanol–water partition coefficient (Wildman–Crippen LogP) is 1.07. The maximum atomic E-state index is 14.1. The molecule has 1 saturated heterocycles. The zero-order chi connectivity index (χ0) is 14.7. The summed E-state index contributed by atoms with van der Waals surface area (Å²) >= 11 is 0. The number of hydrogen-bond acceptors (Lipinski definition) is 3. The number of hydrogen-bond donors (Lipinski definition) is 1. The molecule has 2 rings (SSSR count). The van der Waals surface area contributed by atoms with Crippen molar-refractivity contribution >= 4 is 11.8 Å². The fraction of sp³-hybridized carbons (Fsp3) is 0.429. The minimum absolute atomic E-state index is 0.0469. The van der Waals surface area contributed by atoms with Crippen molar-refractivity contribution in [2.45, 2.75) is 25.9 Å². The third kappa shape index (κ3) is 2.89. The molecule has 20 heavy (non-hydrogen) atoms. The van der Waals surface area contributed by atoms with Crippen LogP contribution in [-0.2, 0) is 16.1 Å². The quantitative estimate of drug-likeness (QED) is 0.901. The normalized spacial score (nSPS) is 19.6. The van der Waals surface area contributed by atoms with E-state index in [1.54, 1.807) is 19.1 Å². The SMILES string of the molecule is COc1cccc(CN2C(=O)CNC(=O)CC2C)c1F. The zero-order valence-corrected chi connectivity index (χ0v) is 11.5. The summed E-state index contributed by atoms with van der Waals surface area (Å²) in [6, 6.07) is 4.54. The monoisotopic (exact) mass is 280 g/mol. The Balaban J connectivity index is 2.23. The molecule has 0 spiro atoms. The summed E-state index contributed by atoms with van der Waals surface area (Å²) in [5.41, 5.74) is 0.374. The largest absolute Gasteiger partial charge is 0.494 e. The van der Waals surface area contributed by atoms with E-state index in [1.165, 1.54) is 18.1 Å². The van der Waals surface area contributed by atoms with Crippen LogP contribution in [0.15, 0.2) is 18.2 Å². The van der Waals surface area contributed by atoms with Crippen molar-refractivity contribution in [3.63, 3.8) is 0 Å². The Morgan fingerprint density at radius 2 is 2.20 bits per heavy atom. The van der Waals surface area contributed by atoms with Crippen molar-refractivity contribution in [3.05, 3.63) is 29.6 Å². The van der Waals surface area contributed by atoms with Crippen molar-refractivity contribution in [2.24, 2.45) is 0 Å². The number of carbonyl (C=O) groups is 2. The average molecular weight is 280 g/mol. The number of nitrogens with zero attached hydrogens (tertiary/aromatic N) is 1. The van der Waals surface area contributed by atoms with Crippen LogP contribution in [0.25, 0.3) is 0 Å². The summed E-state index contributed by atoms with van der Waals surface area (Å²) in [5.74, 6) is -0.713. The highest BCUT2D eigenvalue weighted by molar-refractivity contribution is 5.87. The molecule has 1 aliphatic heterocycles. The van der Waals surface area contributed by atoms with Crippen LogP contribution < -0.4 is 10.1 Å². The number of rotatable bonds is 3. The number of ether oxygens (including phenoxy) is 1. The fourth-order valence-electron chi connectivity index (χ4n) is 2.24. The van der Waals surface area contributed by atoms with Gasteiger partial charge < -0.3 is 15.0 Å². The molecule has 1 fully saturated rings. The molecule has 0 bridgehead atoms. The smallest absolute Gasteiger partial charge is 0.242 e. The Bertz CT molecular complexity index is 533. The topological polar surface area (TPSA) is 58.6 Å². The zero-order valence-electron chi connectivity index (χ0n) is 11.5. The van der Waals surface area contributed by atoms with E-state index in [0.29, 0.717) is 5.56 Å². The van der Waals surface area contributed by atoms with Gasteiger partial charge in [0, 0.05) is 24.6 Å². The van der Waals surface area contributed by atoms with Gasteiger partial charge >= 0.3 is 0 Å². The van der Waals surface area contributed by atoms with Gasteiger partial charge in [-0.2, -0.15) is 0 Å². The number of carbonyl (C=O) groups excluding carboxylic acids is 2. The van der Waals surface area contributed by atoms with E-state index >= 15 is 0 Å². The Morgan fingerprint density at radius 3 is 2.90 bits per heavy atom. The van der Waals surface area contributed by atoms with Crippen LogP contribution in [0.5, 0.6) is 5.75 Å². The molecule has 1 atom stereocenters. The summed E-state index contributed by atoms with van der Waals surface area (Å²) in [5, 5.41) is 2.53. The van der Waals surface area contributed by atoms with E-state index in [4.69, 9.17) is 4.74 Å². The maximum Gasteiger partial charge on any atom is 0.242 e. The molecule has 108 valence electrons. The van der Waals surface area contributed by atoms with Crippen LogP contribution in [0, 0.1) is 5.82 Å².